The Balaban J connectivity index is 3.28. The molecule has 1 rings (SSSR count). The van der Waals surface area contributed by atoms with Crippen LogP contribution in [0.4, 0.5) is 5.69 Å². The Morgan fingerprint density at radius 2 is 2.27 bits per heavy atom. The minimum absolute atomic E-state index is 0.000185. The first-order valence-corrected chi connectivity index (χ1v) is 4.38. The molecular weight excluding hydrogens is 194 g/mol. The second-order valence-corrected chi connectivity index (χ2v) is 3.07. The van der Waals surface area contributed by atoms with Gasteiger partial charge in [-0.05, 0) is 19.1 Å². The molecule has 0 amide bonds. The molecule has 0 spiro atoms. The lowest BCUT2D eigenvalue weighted by Crippen LogP contribution is -1.99. The van der Waals surface area contributed by atoms with Crippen LogP contribution in [0.3, 0.4) is 0 Å². The molecule has 1 unspecified atom stereocenters. The minimum Gasteiger partial charge on any atom is -0.497 e. The van der Waals surface area contributed by atoms with Crippen molar-refractivity contribution in [3.63, 3.8) is 0 Å². The van der Waals surface area contributed by atoms with Crippen LogP contribution in [0.25, 0.3) is 0 Å². The predicted octanol–water partition coefficient (Wildman–Crippen LogP) is 2.34. The monoisotopic (exact) mass is 205 g/mol. The van der Waals surface area contributed by atoms with Gasteiger partial charge in [0.15, 0.2) is 0 Å². The van der Waals surface area contributed by atoms with Gasteiger partial charge in [-0.1, -0.05) is 5.92 Å². The Labute approximate surface area is 88.0 Å². The van der Waals surface area contributed by atoms with Gasteiger partial charge in [0.2, 0.25) is 0 Å². The lowest BCUT2D eigenvalue weighted by Gasteiger charge is -2.07. The topological polar surface area (TPSA) is 52.4 Å². The summed E-state index contributed by atoms with van der Waals surface area (Å²) in [7, 11) is 1.46. The zero-order valence-electron chi connectivity index (χ0n) is 8.56. The average molecular weight is 205 g/mol. The van der Waals surface area contributed by atoms with Crippen molar-refractivity contribution in [2.75, 3.05) is 7.11 Å². The van der Waals surface area contributed by atoms with Crippen molar-refractivity contribution in [3.05, 3.63) is 33.9 Å². The van der Waals surface area contributed by atoms with E-state index in [1.165, 1.54) is 13.2 Å². The van der Waals surface area contributed by atoms with Crippen LogP contribution >= 0.6 is 0 Å². The van der Waals surface area contributed by atoms with Crippen LogP contribution in [0, 0.1) is 22.5 Å². The van der Waals surface area contributed by atoms with E-state index in [-0.39, 0.29) is 11.6 Å². The zero-order valence-corrected chi connectivity index (χ0v) is 8.56. The molecule has 0 saturated carbocycles. The highest BCUT2D eigenvalue weighted by Crippen LogP contribution is 2.29. The van der Waals surface area contributed by atoms with Gasteiger partial charge in [0.1, 0.15) is 5.75 Å². The lowest BCUT2D eigenvalue weighted by molar-refractivity contribution is -0.385. The SMILES string of the molecule is C#CC(C)c1ccc(OC)cc1[N+](=O)[O-]. The molecule has 0 bridgehead atoms. The molecule has 1 aromatic rings. The van der Waals surface area contributed by atoms with Crippen LogP contribution in [0.2, 0.25) is 0 Å². The van der Waals surface area contributed by atoms with Crippen LogP contribution in [0.1, 0.15) is 18.4 Å². The van der Waals surface area contributed by atoms with E-state index in [2.05, 4.69) is 5.92 Å². The molecule has 0 aromatic heterocycles. The molecule has 78 valence electrons. The molecule has 4 heteroatoms. The first kappa shape index (κ1) is 11.1. The van der Waals surface area contributed by atoms with E-state index in [9.17, 15) is 10.1 Å². The number of ether oxygens (including phenoxy) is 1. The van der Waals surface area contributed by atoms with Crippen LogP contribution in [-0.2, 0) is 0 Å². The Morgan fingerprint density at radius 3 is 2.73 bits per heavy atom. The number of benzene rings is 1. The second-order valence-electron chi connectivity index (χ2n) is 3.07. The molecule has 0 N–H and O–H groups in total. The highest BCUT2D eigenvalue weighted by atomic mass is 16.6. The van der Waals surface area contributed by atoms with E-state index in [0.29, 0.717) is 11.3 Å². The van der Waals surface area contributed by atoms with Gasteiger partial charge in [0.05, 0.1) is 18.1 Å². The van der Waals surface area contributed by atoms with Crippen LogP contribution in [0.5, 0.6) is 5.75 Å². The van der Waals surface area contributed by atoms with E-state index >= 15 is 0 Å². The highest BCUT2D eigenvalue weighted by Gasteiger charge is 2.18. The fourth-order valence-corrected chi connectivity index (χ4v) is 1.26. The van der Waals surface area contributed by atoms with Crippen molar-refractivity contribution in [2.24, 2.45) is 0 Å². The zero-order chi connectivity index (χ0) is 11.4. The van der Waals surface area contributed by atoms with Crippen molar-refractivity contribution in [2.45, 2.75) is 12.8 Å². The molecule has 1 atom stereocenters. The molecule has 0 heterocycles. The van der Waals surface area contributed by atoms with E-state index in [1.54, 1.807) is 19.1 Å². The lowest BCUT2D eigenvalue weighted by atomic mass is 10.00. The quantitative estimate of drug-likeness (QED) is 0.432. The molecule has 0 radical (unpaired) electrons. The van der Waals surface area contributed by atoms with Gasteiger partial charge in [-0.3, -0.25) is 10.1 Å². The van der Waals surface area contributed by atoms with E-state index in [4.69, 9.17) is 11.2 Å². The number of nitro benzene ring substituents is 1. The summed E-state index contributed by atoms with van der Waals surface area (Å²) in [5.41, 5.74) is 0.531. The molecular formula is C11H11NO3. The summed E-state index contributed by atoms with van der Waals surface area (Å²) in [6.45, 7) is 1.74. The summed E-state index contributed by atoms with van der Waals surface area (Å²) in [5.74, 6) is 2.64. The second kappa shape index (κ2) is 4.47. The fourth-order valence-electron chi connectivity index (χ4n) is 1.26. The van der Waals surface area contributed by atoms with Crippen molar-refractivity contribution in [1.82, 2.24) is 0 Å². The van der Waals surface area contributed by atoms with Crippen molar-refractivity contribution in [1.29, 1.82) is 0 Å². The first-order valence-electron chi connectivity index (χ1n) is 4.38. The summed E-state index contributed by atoms with van der Waals surface area (Å²) in [6, 6.07) is 4.67. The van der Waals surface area contributed by atoms with Gasteiger partial charge in [-0.15, -0.1) is 6.42 Å². The first-order chi connectivity index (χ1) is 7.10. The largest absolute Gasteiger partial charge is 0.497 e. The number of hydrogen-bond donors (Lipinski definition) is 0. The smallest absolute Gasteiger partial charge is 0.277 e. The number of methoxy groups -OCH3 is 1. The maximum absolute atomic E-state index is 10.8. The van der Waals surface area contributed by atoms with Gasteiger partial charge >= 0.3 is 0 Å². The molecule has 4 nitrogen and oxygen atoms in total. The number of nitro groups is 1. The molecule has 1 aromatic carbocycles. The maximum atomic E-state index is 10.8. The van der Waals surface area contributed by atoms with Crippen molar-refractivity contribution >= 4 is 5.69 Å². The molecule has 0 aliphatic carbocycles. The number of terminal acetylenes is 1. The molecule has 15 heavy (non-hydrogen) atoms. The van der Waals surface area contributed by atoms with Crippen molar-refractivity contribution in [3.8, 4) is 18.1 Å². The maximum Gasteiger partial charge on any atom is 0.277 e. The van der Waals surface area contributed by atoms with Crippen molar-refractivity contribution < 1.29 is 9.66 Å². The summed E-state index contributed by atoms with van der Waals surface area (Å²) < 4.78 is 4.92. The van der Waals surface area contributed by atoms with E-state index < -0.39 is 4.92 Å². The van der Waals surface area contributed by atoms with Gasteiger partial charge in [0.25, 0.3) is 5.69 Å². The third-order valence-corrected chi connectivity index (χ3v) is 2.15. The summed E-state index contributed by atoms with van der Waals surface area (Å²) >= 11 is 0. The molecule has 0 saturated heterocycles. The third-order valence-electron chi connectivity index (χ3n) is 2.15. The van der Waals surface area contributed by atoms with E-state index in [0.717, 1.165) is 0 Å². The van der Waals surface area contributed by atoms with Gasteiger partial charge in [0, 0.05) is 11.5 Å². The molecule has 0 aliphatic rings. The summed E-state index contributed by atoms with van der Waals surface area (Å²) in [6.07, 6.45) is 5.24. The fraction of sp³-hybridized carbons (Fsp3) is 0.273. The summed E-state index contributed by atoms with van der Waals surface area (Å²) in [4.78, 5) is 10.3. The number of nitrogens with zero attached hydrogens (tertiary/aromatic N) is 1. The summed E-state index contributed by atoms with van der Waals surface area (Å²) in [5, 5.41) is 10.8. The average Bonchev–Trinajstić information content (AvgIpc) is 2.27. The minimum atomic E-state index is -0.453. The van der Waals surface area contributed by atoms with Gasteiger partial charge in [-0.2, -0.15) is 0 Å². The Kier molecular flexibility index (Phi) is 3.29. The Bertz CT molecular complexity index is 420. The Morgan fingerprint density at radius 1 is 1.60 bits per heavy atom. The highest BCUT2D eigenvalue weighted by molar-refractivity contribution is 5.49. The molecule has 0 fully saturated rings. The number of rotatable bonds is 3. The van der Waals surface area contributed by atoms with Crippen LogP contribution < -0.4 is 4.74 Å². The van der Waals surface area contributed by atoms with Gasteiger partial charge < -0.3 is 4.74 Å². The normalized spacial score (nSPS) is 11.5. The third kappa shape index (κ3) is 2.26. The van der Waals surface area contributed by atoms with Crippen LogP contribution in [0.15, 0.2) is 18.2 Å². The molecule has 0 aliphatic heterocycles. The Hall–Kier alpha value is -2.02. The number of hydrogen-bond acceptors (Lipinski definition) is 3. The van der Waals surface area contributed by atoms with E-state index in [1.807, 2.05) is 0 Å². The standard InChI is InChI=1S/C11H11NO3/c1-4-8(2)10-6-5-9(15-3)7-11(10)12(13)14/h1,5-8H,2-3H3. The van der Waals surface area contributed by atoms with Gasteiger partial charge in [-0.25, -0.2) is 0 Å². The predicted molar refractivity (Wildman–Crippen MR) is 56.9 cm³/mol. The van der Waals surface area contributed by atoms with Crippen LogP contribution in [-0.4, -0.2) is 12.0 Å².